The molecule has 0 radical (unpaired) electrons. The first-order chi connectivity index (χ1) is 11.1. The fraction of sp³-hybridized carbons (Fsp3) is 0.889. The van der Waals surface area contributed by atoms with Crippen LogP contribution < -0.4 is 11.1 Å². The van der Waals surface area contributed by atoms with Gasteiger partial charge >= 0.3 is 0 Å². The quantitative estimate of drug-likeness (QED) is 0.830. The highest BCUT2D eigenvalue weighted by Crippen LogP contribution is 2.41. The lowest BCUT2D eigenvalue weighted by atomic mass is 9.65. The molecule has 2 aliphatic carbocycles. The topological polar surface area (TPSA) is 75.4 Å². The zero-order valence-corrected chi connectivity index (χ0v) is 14.3. The molecule has 2 bridgehead atoms. The summed E-state index contributed by atoms with van der Waals surface area (Å²) in [6, 6.07) is -0.128. The fourth-order valence-corrected chi connectivity index (χ4v) is 4.78. The highest BCUT2D eigenvalue weighted by molar-refractivity contribution is 5.88. The molecule has 0 aromatic carbocycles. The highest BCUT2D eigenvalue weighted by atomic mass is 16.2. The van der Waals surface area contributed by atoms with Crippen LogP contribution in [0, 0.1) is 17.8 Å². The fourth-order valence-electron chi connectivity index (χ4n) is 4.78. The van der Waals surface area contributed by atoms with Gasteiger partial charge in [-0.05, 0) is 63.7 Å². The van der Waals surface area contributed by atoms with Crippen molar-refractivity contribution in [2.75, 3.05) is 13.1 Å². The molecule has 2 unspecified atom stereocenters. The average molecular weight is 321 g/mol. The molecule has 130 valence electrons. The maximum Gasteiger partial charge on any atom is 0.244 e. The van der Waals surface area contributed by atoms with E-state index in [-0.39, 0.29) is 23.8 Å². The van der Waals surface area contributed by atoms with E-state index in [1.54, 1.807) is 0 Å². The van der Waals surface area contributed by atoms with Gasteiger partial charge in [-0.25, -0.2) is 0 Å². The van der Waals surface area contributed by atoms with Crippen molar-refractivity contribution in [1.29, 1.82) is 0 Å². The van der Waals surface area contributed by atoms with Gasteiger partial charge in [0.05, 0.1) is 0 Å². The van der Waals surface area contributed by atoms with Gasteiger partial charge in [0, 0.05) is 25.0 Å². The molecule has 23 heavy (non-hydrogen) atoms. The van der Waals surface area contributed by atoms with Crippen LogP contribution in [0.1, 0.15) is 58.3 Å². The second-order valence-electron chi connectivity index (χ2n) is 7.81. The highest BCUT2D eigenvalue weighted by Gasteiger charge is 2.41. The van der Waals surface area contributed by atoms with Crippen LogP contribution in [-0.4, -0.2) is 41.9 Å². The summed E-state index contributed by atoms with van der Waals surface area (Å²) in [6.07, 6.45) is 8.72. The number of hydrogen-bond donors (Lipinski definition) is 2. The van der Waals surface area contributed by atoms with E-state index in [0.29, 0.717) is 11.8 Å². The molecule has 0 spiro atoms. The van der Waals surface area contributed by atoms with Gasteiger partial charge in [0.1, 0.15) is 6.04 Å². The standard InChI is InChI=1S/C18H31N3O2/c1-12(18(23)21-8-3-2-4-9-21)20-17(22)15-10-13-6-5-7-14(11-15)16(13)19/h12-16H,2-11,19H2,1H3,(H,20,22)/t12-,13?,14?,15?,16?/m0/s1. The van der Waals surface area contributed by atoms with Crippen molar-refractivity contribution in [2.45, 2.75) is 70.4 Å². The molecule has 1 heterocycles. The molecule has 0 aromatic rings. The van der Waals surface area contributed by atoms with Crippen molar-refractivity contribution in [1.82, 2.24) is 10.2 Å². The number of nitrogens with one attached hydrogen (secondary N) is 1. The largest absolute Gasteiger partial charge is 0.344 e. The first kappa shape index (κ1) is 16.7. The van der Waals surface area contributed by atoms with Crippen LogP contribution in [0.4, 0.5) is 0 Å². The maximum atomic E-state index is 12.6. The summed E-state index contributed by atoms with van der Waals surface area (Å²) in [5.74, 6) is 1.16. The van der Waals surface area contributed by atoms with Crippen molar-refractivity contribution in [3.63, 3.8) is 0 Å². The number of piperidine rings is 1. The zero-order valence-electron chi connectivity index (χ0n) is 14.3. The van der Waals surface area contributed by atoms with Crippen LogP contribution in [-0.2, 0) is 9.59 Å². The van der Waals surface area contributed by atoms with Gasteiger partial charge in [0.2, 0.25) is 11.8 Å². The normalized spacial score (nSPS) is 35.5. The second-order valence-corrected chi connectivity index (χ2v) is 7.81. The van der Waals surface area contributed by atoms with Gasteiger partial charge in [-0.15, -0.1) is 0 Å². The smallest absolute Gasteiger partial charge is 0.244 e. The monoisotopic (exact) mass is 321 g/mol. The van der Waals surface area contributed by atoms with Crippen LogP contribution in [0.15, 0.2) is 0 Å². The first-order valence-electron chi connectivity index (χ1n) is 9.41. The predicted octanol–water partition coefficient (Wildman–Crippen LogP) is 1.66. The van der Waals surface area contributed by atoms with Gasteiger partial charge < -0.3 is 16.0 Å². The van der Waals surface area contributed by atoms with Crippen LogP contribution >= 0.6 is 0 Å². The number of carbonyl (C=O) groups excluding carboxylic acids is 2. The molecule has 3 fully saturated rings. The Labute approximate surface area is 139 Å². The molecule has 2 saturated carbocycles. The van der Waals surface area contributed by atoms with Crippen molar-refractivity contribution in [2.24, 2.45) is 23.5 Å². The molecule has 1 aliphatic heterocycles. The minimum Gasteiger partial charge on any atom is -0.344 e. The Morgan fingerprint density at radius 1 is 1.04 bits per heavy atom. The van der Waals surface area contributed by atoms with Crippen molar-refractivity contribution in [3.8, 4) is 0 Å². The SMILES string of the molecule is C[C@H](NC(=O)C1CC2CCCC(C1)C2N)C(=O)N1CCCCC1. The Kier molecular flexibility index (Phi) is 5.24. The summed E-state index contributed by atoms with van der Waals surface area (Å²) >= 11 is 0. The lowest BCUT2D eigenvalue weighted by molar-refractivity contribution is -0.138. The number of likely N-dealkylation sites (tertiary alicyclic amines) is 1. The summed E-state index contributed by atoms with van der Waals surface area (Å²) in [6.45, 7) is 3.49. The molecule has 3 aliphatic rings. The van der Waals surface area contributed by atoms with Crippen LogP contribution in [0.5, 0.6) is 0 Å². The van der Waals surface area contributed by atoms with Crippen LogP contribution in [0.3, 0.4) is 0 Å². The first-order valence-corrected chi connectivity index (χ1v) is 9.41. The molecule has 3 N–H and O–H groups in total. The molecule has 5 heteroatoms. The van der Waals surface area contributed by atoms with E-state index in [0.717, 1.165) is 51.6 Å². The predicted molar refractivity (Wildman–Crippen MR) is 89.6 cm³/mol. The summed E-state index contributed by atoms with van der Waals surface area (Å²) < 4.78 is 0. The lowest BCUT2D eigenvalue weighted by Crippen LogP contribution is -2.53. The van der Waals surface area contributed by atoms with Crippen molar-refractivity contribution >= 4 is 11.8 Å². The summed E-state index contributed by atoms with van der Waals surface area (Å²) in [7, 11) is 0. The Morgan fingerprint density at radius 2 is 1.65 bits per heavy atom. The van der Waals surface area contributed by atoms with Gasteiger partial charge in [0.25, 0.3) is 0 Å². The summed E-state index contributed by atoms with van der Waals surface area (Å²) in [4.78, 5) is 27.0. The van der Waals surface area contributed by atoms with E-state index in [9.17, 15) is 9.59 Å². The number of rotatable bonds is 3. The molecule has 3 rings (SSSR count). The Hall–Kier alpha value is -1.10. The third kappa shape index (κ3) is 3.70. The maximum absolute atomic E-state index is 12.6. The number of fused-ring (bicyclic) bond motifs is 2. The van der Waals surface area contributed by atoms with Gasteiger partial charge in [0.15, 0.2) is 0 Å². The summed E-state index contributed by atoms with van der Waals surface area (Å²) in [5, 5.41) is 2.98. The van der Waals surface area contributed by atoms with E-state index >= 15 is 0 Å². The zero-order chi connectivity index (χ0) is 16.4. The van der Waals surface area contributed by atoms with Gasteiger partial charge in [-0.3, -0.25) is 9.59 Å². The Morgan fingerprint density at radius 3 is 2.26 bits per heavy atom. The minimum absolute atomic E-state index is 0.0432. The van der Waals surface area contributed by atoms with Gasteiger partial charge in [-0.1, -0.05) is 6.42 Å². The number of hydrogen-bond acceptors (Lipinski definition) is 3. The molecular formula is C18H31N3O2. The van der Waals surface area contributed by atoms with Gasteiger partial charge in [-0.2, -0.15) is 0 Å². The number of carbonyl (C=O) groups is 2. The Bertz CT molecular complexity index is 434. The Balaban J connectivity index is 1.53. The van der Waals surface area contributed by atoms with Crippen molar-refractivity contribution < 1.29 is 9.59 Å². The molecule has 2 amide bonds. The average Bonchev–Trinajstić information content (AvgIpc) is 2.54. The van der Waals surface area contributed by atoms with E-state index in [4.69, 9.17) is 5.73 Å². The minimum atomic E-state index is -0.406. The third-order valence-electron chi connectivity index (χ3n) is 6.18. The van der Waals surface area contributed by atoms with E-state index in [1.807, 2.05) is 11.8 Å². The van der Waals surface area contributed by atoms with E-state index in [1.165, 1.54) is 12.8 Å². The molecule has 0 aromatic heterocycles. The van der Waals surface area contributed by atoms with E-state index < -0.39 is 6.04 Å². The molecule has 1 saturated heterocycles. The number of nitrogens with two attached hydrogens (primary N) is 1. The third-order valence-corrected chi connectivity index (χ3v) is 6.18. The molecule has 5 nitrogen and oxygen atoms in total. The molecule has 3 atom stereocenters. The van der Waals surface area contributed by atoms with E-state index in [2.05, 4.69) is 5.32 Å². The molecular weight excluding hydrogens is 290 g/mol. The van der Waals surface area contributed by atoms with Crippen molar-refractivity contribution in [3.05, 3.63) is 0 Å². The number of amides is 2. The second kappa shape index (κ2) is 7.20. The van der Waals surface area contributed by atoms with Crippen LogP contribution in [0.25, 0.3) is 0 Å². The lowest BCUT2D eigenvalue weighted by Gasteiger charge is -2.43. The number of nitrogens with zero attached hydrogens (tertiary/aromatic N) is 1. The summed E-state index contributed by atoms with van der Waals surface area (Å²) in [5.41, 5.74) is 6.30. The van der Waals surface area contributed by atoms with Crippen LogP contribution in [0.2, 0.25) is 0 Å².